The molecule has 0 saturated carbocycles. The highest BCUT2D eigenvalue weighted by Gasteiger charge is 2.31. The highest BCUT2D eigenvalue weighted by molar-refractivity contribution is 6.04. The van der Waals surface area contributed by atoms with Crippen LogP contribution in [-0.2, 0) is 11.2 Å². The highest BCUT2D eigenvalue weighted by atomic mass is 16.5. The van der Waals surface area contributed by atoms with Gasteiger partial charge in [0, 0.05) is 19.1 Å². The van der Waals surface area contributed by atoms with E-state index in [1.54, 1.807) is 21.3 Å². The van der Waals surface area contributed by atoms with Crippen molar-refractivity contribution in [3.63, 3.8) is 0 Å². The first-order valence-corrected chi connectivity index (χ1v) is 12.5. The first-order chi connectivity index (χ1) is 17.3. The Bertz CT molecular complexity index is 1190. The van der Waals surface area contributed by atoms with Crippen LogP contribution in [0, 0.1) is 6.92 Å². The molecule has 2 aromatic rings. The fourth-order valence-corrected chi connectivity index (χ4v) is 5.33. The van der Waals surface area contributed by atoms with E-state index in [1.165, 1.54) is 27.8 Å². The van der Waals surface area contributed by atoms with Gasteiger partial charge in [0.25, 0.3) is 0 Å². The lowest BCUT2D eigenvalue weighted by atomic mass is 9.98. The zero-order valence-electron chi connectivity index (χ0n) is 22.6. The quantitative estimate of drug-likeness (QED) is 0.522. The number of rotatable bonds is 8. The number of allylic oxidation sites excluding steroid dienone is 3. The molecule has 1 saturated heterocycles. The van der Waals surface area contributed by atoms with Gasteiger partial charge in [-0.3, -0.25) is 4.79 Å². The van der Waals surface area contributed by atoms with Crippen LogP contribution in [-0.4, -0.2) is 70.3 Å². The zero-order chi connectivity index (χ0) is 26.0. The third-order valence-electron chi connectivity index (χ3n) is 7.49. The number of hydrogen-bond acceptors (Lipinski definition) is 5. The lowest BCUT2D eigenvalue weighted by Crippen LogP contribution is -2.34. The number of benzene rings is 2. The summed E-state index contributed by atoms with van der Waals surface area (Å²) in [6, 6.07) is 11.0. The molecule has 0 N–H and O–H groups in total. The van der Waals surface area contributed by atoms with Gasteiger partial charge >= 0.3 is 0 Å². The molecule has 0 spiro atoms. The van der Waals surface area contributed by atoms with Gasteiger partial charge in [-0.25, -0.2) is 0 Å². The normalized spacial score (nSPS) is 18.3. The van der Waals surface area contributed by atoms with Crippen LogP contribution >= 0.6 is 0 Å². The summed E-state index contributed by atoms with van der Waals surface area (Å²) in [4.78, 5) is 17.6. The summed E-state index contributed by atoms with van der Waals surface area (Å²) in [5.74, 6) is 2.10. The van der Waals surface area contributed by atoms with E-state index in [4.69, 9.17) is 14.2 Å². The zero-order valence-corrected chi connectivity index (χ0v) is 22.6. The number of hydrogen-bond donors (Lipinski definition) is 0. The van der Waals surface area contributed by atoms with Crippen molar-refractivity contribution >= 4 is 17.1 Å². The standard InChI is InChI=1S/C30H38N2O4/c1-19-8-10-24-23(11-9-21-15-27(34-5)30(36-7)28(16-21)35-6)20(2)25(26(24)14-19)17-29(33)32-13-12-22(18-32)31(3)4/h8,10-11,14-16,22H,9,12-13,17-18H2,1-7H3/b23-11-/t22-/m1/s1. The third kappa shape index (κ3) is 5.00. The largest absolute Gasteiger partial charge is 0.493 e. The van der Waals surface area contributed by atoms with E-state index in [0.717, 1.165) is 30.6 Å². The number of fused-ring (bicyclic) bond motifs is 1. The Labute approximate surface area is 215 Å². The van der Waals surface area contributed by atoms with Crippen LogP contribution in [0.3, 0.4) is 0 Å². The molecule has 2 aliphatic rings. The average molecular weight is 491 g/mol. The van der Waals surface area contributed by atoms with Gasteiger partial charge in [0.05, 0.1) is 27.8 Å². The molecule has 2 aromatic carbocycles. The van der Waals surface area contributed by atoms with Crippen molar-refractivity contribution in [1.29, 1.82) is 0 Å². The van der Waals surface area contributed by atoms with E-state index in [2.05, 4.69) is 57.1 Å². The van der Waals surface area contributed by atoms with E-state index < -0.39 is 0 Å². The van der Waals surface area contributed by atoms with Gasteiger partial charge in [0.1, 0.15) is 0 Å². The summed E-state index contributed by atoms with van der Waals surface area (Å²) >= 11 is 0. The maximum atomic E-state index is 13.3. The minimum atomic E-state index is 0.215. The molecule has 1 fully saturated rings. The fraction of sp³-hybridized carbons (Fsp3) is 0.433. The molecule has 0 aromatic heterocycles. The molecule has 1 aliphatic carbocycles. The molecular weight excluding hydrogens is 452 g/mol. The van der Waals surface area contributed by atoms with Crippen molar-refractivity contribution in [2.75, 3.05) is 48.5 Å². The Morgan fingerprint density at radius 3 is 2.31 bits per heavy atom. The van der Waals surface area contributed by atoms with Crippen LogP contribution in [0.25, 0.3) is 11.1 Å². The predicted octanol–water partition coefficient (Wildman–Crippen LogP) is 4.99. The SMILES string of the molecule is COc1cc(C/C=C2/C(C)=C(CC(=O)N3CC[C@@H](N(C)C)C3)c3cc(C)ccc32)cc(OC)c1OC. The van der Waals surface area contributed by atoms with Crippen molar-refractivity contribution in [1.82, 2.24) is 9.80 Å². The van der Waals surface area contributed by atoms with Crippen LogP contribution in [0.5, 0.6) is 17.2 Å². The first-order valence-electron chi connectivity index (χ1n) is 12.5. The number of methoxy groups -OCH3 is 3. The van der Waals surface area contributed by atoms with Gasteiger partial charge in [0.2, 0.25) is 11.7 Å². The number of amides is 1. The minimum absolute atomic E-state index is 0.215. The number of nitrogens with zero attached hydrogens (tertiary/aromatic N) is 2. The van der Waals surface area contributed by atoms with E-state index in [0.29, 0.717) is 36.1 Å². The second-order valence-corrected chi connectivity index (χ2v) is 9.93. The Hall–Kier alpha value is -3.25. The van der Waals surface area contributed by atoms with Gasteiger partial charge in [-0.1, -0.05) is 29.8 Å². The molecule has 36 heavy (non-hydrogen) atoms. The Morgan fingerprint density at radius 2 is 1.72 bits per heavy atom. The highest BCUT2D eigenvalue weighted by Crippen LogP contribution is 2.44. The molecule has 1 aliphatic heterocycles. The van der Waals surface area contributed by atoms with Gasteiger partial charge in [0.15, 0.2) is 11.5 Å². The van der Waals surface area contributed by atoms with Crippen LogP contribution in [0.15, 0.2) is 42.0 Å². The van der Waals surface area contributed by atoms with E-state index in [9.17, 15) is 4.79 Å². The van der Waals surface area contributed by atoms with Crippen LogP contribution in [0.4, 0.5) is 0 Å². The molecule has 6 heteroatoms. The van der Waals surface area contributed by atoms with Crippen molar-refractivity contribution in [3.8, 4) is 17.2 Å². The summed E-state index contributed by atoms with van der Waals surface area (Å²) in [7, 11) is 9.05. The van der Waals surface area contributed by atoms with Crippen molar-refractivity contribution in [3.05, 3.63) is 64.2 Å². The Balaban J connectivity index is 1.64. The number of ether oxygens (including phenoxy) is 3. The maximum Gasteiger partial charge on any atom is 0.227 e. The monoisotopic (exact) mass is 490 g/mol. The number of likely N-dealkylation sites (tertiary alicyclic amines) is 1. The molecule has 0 bridgehead atoms. The third-order valence-corrected chi connectivity index (χ3v) is 7.49. The van der Waals surface area contributed by atoms with Gasteiger partial charge in [-0.05, 0) is 86.3 Å². The maximum absolute atomic E-state index is 13.3. The molecule has 0 radical (unpaired) electrons. The molecule has 1 atom stereocenters. The lowest BCUT2D eigenvalue weighted by molar-refractivity contribution is -0.129. The molecule has 4 rings (SSSR count). The Morgan fingerprint density at radius 1 is 1.03 bits per heavy atom. The predicted molar refractivity (Wildman–Crippen MR) is 145 cm³/mol. The van der Waals surface area contributed by atoms with E-state index in [-0.39, 0.29) is 5.91 Å². The molecule has 6 nitrogen and oxygen atoms in total. The fourth-order valence-electron chi connectivity index (χ4n) is 5.33. The lowest BCUT2D eigenvalue weighted by Gasteiger charge is -2.21. The molecule has 192 valence electrons. The van der Waals surface area contributed by atoms with E-state index in [1.807, 2.05) is 17.0 Å². The van der Waals surface area contributed by atoms with E-state index >= 15 is 0 Å². The number of carbonyl (C=O) groups is 1. The van der Waals surface area contributed by atoms with Gasteiger partial charge in [-0.15, -0.1) is 0 Å². The average Bonchev–Trinajstić information content (AvgIpc) is 3.46. The molecule has 0 unspecified atom stereocenters. The van der Waals surface area contributed by atoms with Crippen molar-refractivity contribution in [2.24, 2.45) is 0 Å². The molecule has 1 amide bonds. The van der Waals surface area contributed by atoms with Crippen molar-refractivity contribution < 1.29 is 19.0 Å². The number of aryl methyl sites for hydroxylation is 1. The summed E-state index contributed by atoms with van der Waals surface area (Å²) in [5, 5.41) is 0. The second kappa shape index (κ2) is 10.8. The summed E-state index contributed by atoms with van der Waals surface area (Å²) < 4.78 is 16.5. The summed E-state index contributed by atoms with van der Waals surface area (Å²) in [6.45, 7) is 5.89. The van der Waals surface area contributed by atoms with Gasteiger partial charge in [-0.2, -0.15) is 0 Å². The summed E-state index contributed by atoms with van der Waals surface area (Å²) in [5.41, 5.74) is 8.15. The number of carbonyl (C=O) groups excluding carboxylic acids is 1. The first kappa shape index (κ1) is 25.8. The molecule has 1 heterocycles. The van der Waals surface area contributed by atoms with Crippen LogP contribution < -0.4 is 14.2 Å². The number of likely N-dealkylation sites (N-methyl/N-ethyl adjacent to an activating group) is 1. The Kier molecular flexibility index (Phi) is 7.74. The summed E-state index contributed by atoms with van der Waals surface area (Å²) in [6.07, 6.45) is 4.42. The second-order valence-electron chi connectivity index (χ2n) is 9.93. The van der Waals surface area contributed by atoms with Crippen LogP contribution in [0.2, 0.25) is 0 Å². The van der Waals surface area contributed by atoms with Crippen LogP contribution in [0.1, 0.15) is 42.0 Å². The smallest absolute Gasteiger partial charge is 0.227 e. The van der Waals surface area contributed by atoms with Gasteiger partial charge < -0.3 is 24.0 Å². The topological polar surface area (TPSA) is 51.2 Å². The minimum Gasteiger partial charge on any atom is -0.493 e. The van der Waals surface area contributed by atoms with Crippen molar-refractivity contribution in [2.45, 2.75) is 39.2 Å². The molecular formula is C30H38N2O4.